The molecule has 4 rings (SSSR count). The molecule has 2 aliphatic rings. The Bertz CT molecular complexity index is 1270. The van der Waals surface area contributed by atoms with Crippen LogP contribution in [0.4, 0.5) is 27.6 Å². The first-order valence-corrected chi connectivity index (χ1v) is 10.3. The lowest BCUT2D eigenvalue weighted by molar-refractivity contribution is -0.0600. The van der Waals surface area contributed by atoms with Crippen LogP contribution in [0.25, 0.3) is 5.70 Å². The zero-order valence-corrected chi connectivity index (χ0v) is 16.3. The summed E-state index contributed by atoms with van der Waals surface area (Å²) in [6.45, 7) is 0. The summed E-state index contributed by atoms with van der Waals surface area (Å²) in [5.74, 6) is -2.00. The van der Waals surface area contributed by atoms with Crippen LogP contribution in [0, 0.1) is 11.6 Å². The summed E-state index contributed by atoms with van der Waals surface area (Å²) in [6, 6.07) is 5.04. The molecule has 0 aromatic heterocycles. The minimum Gasteiger partial charge on any atom is -0.256 e. The van der Waals surface area contributed by atoms with E-state index < -0.39 is 50.9 Å². The van der Waals surface area contributed by atoms with Crippen LogP contribution < -0.4 is 10.1 Å². The number of alkyl halides is 3. The number of sulfonamides is 1. The molecule has 0 saturated heterocycles. The second kappa shape index (κ2) is 7.24. The number of hydrogen-bond acceptors (Lipinski definition) is 5. The first-order valence-electron chi connectivity index (χ1n) is 8.76. The third-order valence-electron chi connectivity index (χ3n) is 4.81. The van der Waals surface area contributed by atoms with Gasteiger partial charge in [0.2, 0.25) is 10.0 Å². The molecule has 6 nitrogen and oxygen atoms in total. The Morgan fingerprint density at radius 3 is 2.39 bits per heavy atom. The van der Waals surface area contributed by atoms with Crippen molar-refractivity contribution in [2.45, 2.75) is 23.5 Å². The minimum atomic E-state index is -4.84. The van der Waals surface area contributed by atoms with Crippen LogP contribution in [0.5, 0.6) is 0 Å². The average Bonchev–Trinajstić information content (AvgIpc) is 3.04. The van der Waals surface area contributed by atoms with Gasteiger partial charge in [0, 0.05) is 29.8 Å². The molecular weight excluding hydrogens is 443 g/mol. The SMILES string of the molecule is NS(=O)(=O)c1c(C2=CC=N2)cccc1N1N=C(C(F)(F)F)CC1c1ccc(F)cc1F. The quantitative estimate of drug-likeness (QED) is 0.708. The Balaban J connectivity index is 1.94. The first kappa shape index (κ1) is 21.1. The van der Waals surface area contributed by atoms with Crippen molar-refractivity contribution in [3.05, 3.63) is 65.2 Å². The summed E-state index contributed by atoms with van der Waals surface area (Å²) in [4.78, 5) is 3.41. The van der Waals surface area contributed by atoms with Crippen molar-refractivity contribution in [1.82, 2.24) is 0 Å². The smallest absolute Gasteiger partial charge is 0.256 e. The van der Waals surface area contributed by atoms with E-state index in [1.807, 2.05) is 0 Å². The number of hydrogen-bond donors (Lipinski definition) is 1. The van der Waals surface area contributed by atoms with Gasteiger partial charge in [-0.2, -0.15) is 18.3 Å². The molecule has 0 saturated carbocycles. The lowest BCUT2D eigenvalue weighted by Gasteiger charge is -2.27. The van der Waals surface area contributed by atoms with Crippen LogP contribution in [0.1, 0.15) is 23.6 Å². The van der Waals surface area contributed by atoms with Gasteiger partial charge in [-0.1, -0.05) is 18.2 Å². The molecule has 162 valence electrons. The van der Waals surface area contributed by atoms with Crippen molar-refractivity contribution < 1.29 is 30.4 Å². The van der Waals surface area contributed by atoms with Gasteiger partial charge in [-0.25, -0.2) is 22.3 Å². The molecule has 2 aliphatic heterocycles. The second-order valence-corrected chi connectivity index (χ2v) is 8.30. The maximum Gasteiger partial charge on any atom is 0.431 e. The fourth-order valence-electron chi connectivity index (χ4n) is 3.43. The standard InChI is InChI=1S/C19H13F5N4O2S/c20-10-4-5-11(13(21)8-10)16-9-17(19(22,23)24)27-28(16)15-3-1-2-12(14-6-7-26-14)18(15)31(25,29)30/h1-8,16H,9H2,(H2,25,29,30). The molecule has 0 bridgehead atoms. The molecule has 1 atom stereocenters. The van der Waals surface area contributed by atoms with Crippen LogP contribution in [0.15, 0.2) is 57.5 Å². The number of nitrogens with two attached hydrogens (primary N) is 1. The van der Waals surface area contributed by atoms with Crippen LogP contribution in [-0.2, 0) is 10.0 Å². The monoisotopic (exact) mass is 456 g/mol. The topological polar surface area (TPSA) is 88.1 Å². The fraction of sp³-hybridized carbons (Fsp3) is 0.158. The average molecular weight is 456 g/mol. The Kier molecular flexibility index (Phi) is 4.93. The van der Waals surface area contributed by atoms with Crippen LogP contribution >= 0.6 is 0 Å². The van der Waals surface area contributed by atoms with E-state index in [9.17, 15) is 30.4 Å². The maximum atomic E-state index is 14.5. The highest BCUT2D eigenvalue weighted by Crippen LogP contribution is 2.43. The van der Waals surface area contributed by atoms with Crippen molar-refractivity contribution in [3.8, 4) is 0 Å². The molecule has 1 unspecified atom stereocenters. The third-order valence-corrected chi connectivity index (χ3v) is 5.80. The summed E-state index contributed by atoms with van der Waals surface area (Å²) in [6.07, 6.45) is -2.72. The van der Waals surface area contributed by atoms with Crippen LogP contribution in [0.2, 0.25) is 0 Å². The second-order valence-electron chi connectivity index (χ2n) is 6.80. The largest absolute Gasteiger partial charge is 0.431 e. The number of primary sulfonamides is 1. The van der Waals surface area contributed by atoms with E-state index in [-0.39, 0.29) is 22.5 Å². The van der Waals surface area contributed by atoms with Gasteiger partial charge < -0.3 is 0 Å². The summed E-state index contributed by atoms with van der Waals surface area (Å²) in [5, 5.41) is 9.68. The fourth-order valence-corrected chi connectivity index (χ4v) is 4.36. The van der Waals surface area contributed by atoms with Gasteiger partial charge in [-0.15, -0.1) is 0 Å². The molecular formula is C19H13F5N4O2S. The normalized spacial score (nSPS) is 18.6. The highest BCUT2D eigenvalue weighted by Gasteiger charge is 2.45. The van der Waals surface area contributed by atoms with Crippen molar-refractivity contribution >= 4 is 33.3 Å². The van der Waals surface area contributed by atoms with E-state index in [1.165, 1.54) is 30.5 Å². The Morgan fingerprint density at radius 2 is 1.84 bits per heavy atom. The van der Waals surface area contributed by atoms with Gasteiger partial charge in [0.15, 0.2) is 0 Å². The Hall–Kier alpha value is -3.12. The summed E-state index contributed by atoms with van der Waals surface area (Å²) in [5.41, 5.74) is -1.48. The van der Waals surface area contributed by atoms with E-state index in [0.29, 0.717) is 6.07 Å². The highest BCUT2D eigenvalue weighted by molar-refractivity contribution is 7.89. The minimum absolute atomic E-state index is 0.0662. The number of hydrazone groups is 1. The Labute approximate surface area is 173 Å². The van der Waals surface area contributed by atoms with Gasteiger partial charge in [-0.05, 0) is 18.2 Å². The predicted molar refractivity (Wildman–Crippen MR) is 104 cm³/mol. The molecule has 0 radical (unpaired) electrons. The highest BCUT2D eigenvalue weighted by atomic mass is 32.2. The number of aliphatic imine (C=N–C) groups is 1. The molecule has 12 heteroatoms. The van der Waals surface area contributed by atoms with E-state index in [0.717, 1.165) is 17.1 Å². The molecule has 0 spiro atoms. The lowest BCUT2D eigenvalue weighted by atomic mass is 10.00. The van der Waals surface area contributed by atoms with Crippen LogP contribution in [0.3, 0.4) is 0 Å². The first-order chi connectivity index (χ1) is 14.5. The van der Waals surface area contributed by atoms with E-state index >= 15 is 0 Å². The number of benzene rings is 2. The zero-order chi connectivity index (χ0) is 22.6. The molecule has 2 heterocycles. The number of nitrogens with zero attached hydrogens (tertiary/aromatic N) is 3. The van der Waals surface area contributed by atoms with Gasteiger partial charge in [-0.3, -0.25) is 10.0 Å². The third kappa shape index (κ3) is 3.83. The summed E-state index contributed by atoms with van der Waals surface area (Å²) < 4.78 is 92.9. The Morgan fingerprint density at radius 1 is 1.13 bits per heavy atom. The van der Waals surface area contributed by atoms with Gasteiger partial charge in [0.05, 0.1) is 17.4 Å². The van der Waals surface area contributed by atoms with Crippen molar-refractivity contribution in [2.75, 3.05) is 5.01 Å². The van der Waals surface area contributed by atoms with Crippen molar-refractivity contribution in [1.29, 1.82) is 0 Å². The van der Waals surface area contributed by atoms with E-state index in [4.69, 9.17) is 5.14 Å². The molecule has 2 aromatic carbocycles. The van der Waals surface area contributed by atoms with Crippen molar-refractivity contribution in [2.24, 2.45) is 15.2 Å². The number of anilines is 1. The predicted octanol–water partition coefficient (Wildman–Crippen LogP) is 3.91. The van der Waals surface area contributed by atoms with Gasteiger partial charge in [0.1, 0.15) is 22.2 Å². The maximum absolute atomic E-state index is 14.5. The van der Waals surface area contributed by atoms with Crippen molar-refractivity contribution in [3.63, 3.8) is 0 Å². The van der Waals surface area contributed by atoms with Gasteiger partial charge in [0.25, 0.3) is 0 Å². The molecule has 31 heavy (non-hydrogen) atoms. The number of halogens is 5. The molecule has 2 aromatic rings. The molecule has 0 fully saturated rings. The van der Waals surface area contributed by atoms with Crippen LogP contribution in [-0.4, -0.2) is 26.5 Å². The molecule has 0 amide bonds. The zero-order valence-electron chi connectivity index (χ0n) is 15.4. The number of rotatable bonds is 4. The molecule has 2 N–H and O–H groups in total. The van der Waals surface area contributed by atoms with Gasteiger partial charge >= 0.3 is 6.18 Å². The number of allylic oxidation sites excluding steroid dienone is 1. The summed E-state index contributed by atoms with van der Waals surface area (Å²) >= 11 is 0. The summed E-state index contributed by atoms with van der Waals surface area (Å²) in [7, 11) is -4.46. The van der Waals surface area contributed by atoms with E-state index in [1.54, 1.807) is 0 Å². The van der Waals surface area contributed by atoms with E-state index in [2.05, 4.69) is 10.1 Å². The molecule has 0 aliphatic carbocycles. The lowest BCUT2D eigenvalue weighted by Crippen LogP contribution is -2.25.